The number of carbonyl (C=O) groups excluding carboxylic acids is 1. The fraction of sp³-hybridized carbons (Fsp3) is 0.125. The van der Waals surface area contributed by atoms with Crippen molar-refractivity contribution in [1.82, 2.24) is 20.2 Å². The van der Waals surface area contributed by atoms with Gasteiger partial charge in [0.05, 0.1) is 12.7 Å². The third-order valence-corrected chi connectivity index (χ3v) is 3.78. The van der Waals surface area contributed by atoms with Gasteiger partial charge in [0.15, 0.2) is 5.78 Å². The summed E-state index contributed by atoms with van der Waals surface area (Å²) in [6, 6.07) is 14.6. The van der Waals surface area contributed by atoms with Crippen molar-refractivity contribution in [2.24, 2.45) is 0 Å². The van der Waals surface area contributed by atoms with E-state index < -0.39 is 0 Å². The van der Waals surface area contributed by atoms with E-state index in [1.807, 2.05) is 30.3 Å². The van der Waals surface area contributed by atoms with Crippen molar-refractivity contribution in [3.63, 3.8) is 0 Å². The van der Waals surface area contributed by atoms with Crippen molar-refractivity contribution in [2.75, 3.05) is 7.11 Å². The zero-order chi connectivity index (χ0) is 16.2. The van der Waals surface area contributed by atoms with Crippen molar-refractivity contribution in [1.29, 1.82) is 0 Å². The fourth-order valence-corrected chi connectivity index (χ4v) is 2.38. The Morgan fingerprint density at radius 3 is 2.65 bits per heavy atom. The van der Waals surface area contributed by atoms with E-state index in [1.165, 1.54) is 11.9 Å². The van der Waals surface area contributed by atoms with E-state index in [0.717, 1.165) is 10.0 Å². The second kappa shape index (κ2) is 6.70. The summed E-state index contributed by atoms with van der Waals surface area (Å²) in [6.45, 7) is 0.00387. The van der Waals surface area contributed by atoms with E-state index in [4.69, 9.17) is 4.74 Å². The molecule has 0 N–H and O–H groups in total. The quantitative estimate of drug-likeness (QED) is 0.643. The molecule has 0 amide bonds. The predicted octanol–water partition coefficient (Wildman–Crippen LogP) is 2.99. The Labute approximate surface area is 141 Å². The number of ketones is 1. The minimum atomic E-state index is -0.137. The van der Waals surface area contributed by atoms with Crippen molar-refractivity contribution in [3.8, 4) is 17.1 Å². The molecule has 0 aliphatic carbocycles. The maximum absolute atomic E-state index is 12.4. The van der Waals surface area contributed by atoms with Gasteiger partial charge in [0.2, 0.25) is 5.82 Å². The van der Waals surface area contributed by atoms with Crippen LogP contribution < -0.4 is 4.74 Å². The molecule has 116 valence electrons. The molecule has 0 saturated carbocycles. The molecule has 0 saturated heterocycles. The molecular weight excluding hydrogens is 360 g/mol. The number of halogens is 1. The van der Waals surface area contributed by atoms with Crippen LogP contribution in [0.2, 0.25) is 0 Å². The molecule has 1 heterocycles. The van der Waals surface area contributed by atoms with Crippen LogP contribution >= 0.6 is 15.9 Å². The first-order chi connectivity index (χ1) is 11.2. The number of tetrazole rings is 1. The van der Waals surface area contributed by atoms with Gasteiger partial charge in [-0.3, -0.25) is 4.79 Å². The highest BCUT2D eigenvalue weighted by Gasteiger charge is 2.14. The summed E-state index contributed by atoms with van der Waals surface area (Å²) >= 11 is 3.38. The average Bonchev–Trinajstić information content (AvgIpc) is 3.04. The summed E-state index contributed by atoms with van der Waals surface area (Å²) in [5.41, 5.74) is 1.33. The normalized spacial score (nSPS) is 10.5. The number of para-hydroxylation sites is 1. The van der Waals surface area contributed by atoms with Crippen molar-refractivity contribution < 1.29 is 9.53 Å². The summed E-state index contributed by atoms with van der Waals surface area (Å²) in [7, 11) is 1.53. The van der Waals surface area contributed by atoms with Gasteiger partial charge in [-0.1, -0.05) is 28.1 Å². The first kappa shape index (κ1) is 15.4. The number of hydrogen-bond acceptors (Lipinski definition) is 5. The van der Waals surface area contributed by atoms with Crippen molar-refractivity contribution in [2.45, 2.75) is 6.54 Å². The minimum Gasteiger partial charge on any atom is -0.496 e. The number of benzene rings is 2. The third kappa shape index (κ3) is 3.45. The summed E-state index contributed by atoms with van der Waals surface area (Å²) in [5, 5.41) is 12.2. The molecule has 0 radical (unpaired) electrons. The summed E-state index contributed by atoms with van der Waals surface area (Å²) < 4.78 is 6.17. The molecule has 23 heavy (non-hydrogen) atoms. The Bertz CT molecular complexity index is 830. The largest absolute Gasteiger partial charge is 0.496 e. The average molecular weight is 373 g/mol. The van der Waals surface area contributed by atoms with Crippen molar-refractivity contribution >= 4 is 21.7 Å². The van der Waals surface area contributed by atoms with Gasteiger partial charge in [0, 0.05) is 10.0 Å². The minimum absolute atomic E-state index is 0.00387. The number of nitrogens with zero attached hydrogens (tertiary/aromatic N) is 4. The van der Waals surface area contributed by atoms with Gasteiger partial charge in [0.25, 0.3) is 0 Å². The molecule has 0 spiro atoms. The molecule has 0 aliphatic heterocycles. The molecule has 0 bridgehead atoms. The lowest BCUT2D eigenvalue weighted by molar-refractivity contribution is 0.0958. The predicted molar refractivity (Wildman–Crippen MR) is 88.3 cm³/mol. The molecular formula is C16H13BrN4O2. The molecule has 0 unspecified atom stereocenters. The maximum atomic E-state index is 12.4. The third-order valence-electron chi connectivity index (χ3n) is 3.25. The van der Waals surface area contributed by atoms with Gasteiger partial charge in [0.1, 0.15) is 12.3 Å². The Morgan fingerprint density at radius 2 is 1.91 bits per heavy atom. The first-order valence-electron chi connectivity index (χ1n) is 6.87. The maximum Gasteiger partial charge on any atom is 0.204 e. The molecule has 7 heteroatoms. The monoisotopic (exact) mass is 372 g/mol. The van der Waals surface area contributed by atoms with Gasteiger partial charge in [-0.15, -0.1) is 10.2 Å². The standard InChI is InChI=1S/C16H13BrN4O2/c1-23-15-5-3-2-4-13(15)14(22)10-21-19-16(18-20-21)11-6-8-12(17)9-7-11/h2-9H,10H2,1H3. The van der Waals surface area contributed by atoms with E-state index in [9.17, 15) is 4.79 Å². The molecule has 1 aromatic heterocycles. The number of carbonyl (C=O) groups is 1. The van der Waals surface area contributed by atoms with Crippen molar-refractivity contribution in [3.05, 3.63) is 58.6 Å². The van der Waals surface area contributed by atoms with E-state index in [0.29, 0.717) is 17.1 Å². The van der Waals surface area contributed by atoms with Crippen LogP contribution in [-0.4, -0.2) is 33.1 Å². The first-order valence-corrected chi connectivity index (χ1v) is 7.66. The van der Waals surface area contributed by atoms with Crippen LogP contribution in [0.25, 0.3) is 11.4 Å². The van der Waals surface area contributed by atoms with Gasteiger partial charge < -0.3 is 4.74 Å². The number of ether oxygens (including phenoxy) is 1. The molecule has 6 nitrogen and oxygen atoms in total. The molecule has 0 atom stereocenters. The SMILES string of the molecule is COc1ccccc1C(=O)Cn1nnc(-c2ccc(Br)cc2)n1. The number of methoxy groups -OCH3 is 1. The van der Waals surface area contributed by atoms with Gasteiger partial charge >= 0.3 is 0 Å². The van der Waals surface area contributed by atoms with Crippen LogP contribution in [0.3, 0.4) is 0 Å². The fourth-order valence-electron chi connectivity index (χ4n) is 2.11. The number of hydrogen-bond donors (Lipinski definition) is 0. The Morgan fingerprint density at radius 1 is 1.17 bits per heavy atom. The molecule has 3 rings (SSSR count). The van der Waals surface area contributed by atoms with Gasteiger partial charge in [-0.25, -0.2) is 0 Å². The summed E-state index contributed by atoms with van der Waals surface area (Å²) in [5.74, 6) is 0.873. The smallest absolute Gasteiger partial charge is 0.204 e. The van der Waals surface area contributed by atoms with E-state index in [1.54, 1.807) is 18.2 Å². The number of Topliss-reactive ketones (excluding diaryl/α,β-unsaturated/α-hetero) is 1. The second-order valence-electron chi connectivity index (χ2n) is 4.77. The van der Waals surface area contributed by atoms with Crippen LogP contribution in [-0.2, 0) is 6.54 Å². The molecule has 0 fully saturated rings. The highest BCUT2D eigenvalue weighted by molar-refractivity contribution is 9.10. The van der Waals surface area contributed by atoms with Crippen LogP contribution in [0.4, 0.5) is 0 Å². The highest BCUT2D eigenvalue weighted by Crippen LogP contribution is 2.19. The lowest BCUT2D eigenvalue weighted by atomic mass is 10.1. The van der Waals surface area contributed by atoms with E-state index >= 15 is 0 Å². The number of rotatable bonds is 5. The second-order valence-corrected chi connectivity index (χ2v) is 5.69. The summed E-state index contributed by atoms with van der Waals surface area (Å²) in [6.07, 6.45) is 0. The Hall–Kier alpha value is -2.54. The highest BCUT2D eigenvalue weighted by atomic mass is 79.9. The number of aromatic nitrogens is 4. The topological polar surface area (TPSA) is 69.9 Å². The zero-order valence-electron chi connectivity index (χ0n) is 12.3. The van der Waals surface area contributed by atoms with Crippen LogP contribution in [0, 0.1) is 0 Å². The molecule has 3 aromatic rings. The van der Waals surface area contributed by atoms with E-state index in [2.05, 4.69) is 31.3 Å². The van der Waals surface area contributed by atoms with Crippen LogP contribution in [0.1, 0.15) is 10.4 Å². The van der Waals surface area contributed by atoms with Crippen LogP contribution in [0.5, 0.6) is 5.75 Å². The zero-order valence-corrected chi connectivity index (χ0v) is 13.9. The summed E-state index contributed by atoms with van der Waals surface area (Å²) in [4.78, 5) is 13.7. The molecule has 0 aliphatic rings. The van der Waals surface area contributed by atoms with Crippen LogP contribution in [0.15, 0.2) is 53.0 Å². The van der Waals surface area contributed by atoms with Gasteiger partial charge in [-0.05, 0) is 41.6 Å². The lowest BCUT2D eigenvalue weighted by Gasteiger charge is -2.06. The lowest BCUT2D eigenvalue weighted by Crippen LogP contribution is -2.14. The Kier molecular flexibility index (Phi) is 4.47. The van der Waals surface area contributed by atoms with Gasteiger partial charge in [-0.2, -0.15) is 4.80 Å². The molecule has 2 aromatic carbocycles. The van der Waals surface area contributed by atoms with E-state index in [-0.39, 0.29) is 12.3 Å². The Balaban J connectivity index is 1.79.